The molecule has 1 unspecified atom stereocenters. The number of hydrogen-bond donors (Lipinski definition) is 4. The van der Waals surface area contributed by atoms with E-state index in [1.165, 1.54) is 13.1 Å². The Morgan fingerprint density at radius 1 is 1.15 bits per heavy atom. The molecule has 176 valence electrons. The van der Waals surface area contributed by atoms with Crippen molar-refractivity contribution in [3.05, 3.63) is 70.0 Å². The summed E-state index contributed by atoms with van der Waals surface area (Å²) in [6.45, 7) is 1.47. The normalized spacial score (nSPS) is 15.2. The lowest BCUT2D eigenvalue weighted by atomic mass is 9.82. The molecular weight excluding hydrogens is 471 g/mol. The van der Waals surface area contributed by atoms with Crippen LogP contribution in [0.3, 0.4) is 0 Å². The summed E-state index contributed by atoms with van der Waals surface area (Å²) in [6, 6.07) is 6.41. The average Bonchev–Trinajstić information content (AvgIpc) is 3.20. The third-order valence-corrected chi connectivity index (χ3v) is 4.50. The van der Waals surface area contributed by atoms with Crippen LogP contribution in [0.15, 0.2) is 53.9 Å². The highest BCUT2D eigenvalue weighted by molar-refractivity contribution is 6.31. The molecule has 13 heteroatoms. The van der Waals surface area contributed by atoms with Crippen molar-refractivity contribution in [2.75, 3.05) is 11.9 Å². The Labute approximate surface area is 189 Å². The number of esters is 1. The largest absolute Gasteiger partial charge is 0.478 e. The summed E-state index contributed by atoms with van der Waals surface area (Å²) in [5, 5.41) is 24.4. The van der Waals surface area contributed by atoms with Crippen LogP contribution in [-0.4, -0.2) is 51.1 Å². The van der Waals surface area contributed by atoms with Crippen LogP contribution < -0.4 is 5.32 Å². The van der Waals surface area contributed by atoms with Gasteiger partial charge >= 0.3 is 24.1 Å². The number of nitrogens with one attached hydrogen (secondary N) is 2. The van der Waals surface area contributed by atoms with Gasteiger partial charge in [0.2, 0.25) is 0 Å². The Balaban J connectivity index is 0.000000414. The summed E-state index contributed by atoms with van der Waals surface area (Å²) in [5.74, 6) is -4.57. The minimum atomic E-state index is -4.79. The molecule has 0 fully saturated rings. The van der Waals surface area contributed by atoms with E-state index in [9.17, 15) is 27.6 Å². The fourth-order valence-corrected chi connectivity index (χ4v) is 3.18. The maximum absolute atomic E-state index is 13.6. The van der Waals surface area contributed by atoms with Crippen molar-refractivity contribution < 1.29 is 42.5 Å². The number of nitrogens with zero attached hydrogens (tertiary/aromatic N) is 1. The zero-order valence-corrected chi connectivity index (χ0v) is 17.6. The number of fused-ring (bicyclic) bond motifs is 1. The Morgan fingerprint density at radius 3 is 2.27 bits per heavy atom. The number of benzene rings is 1. The molecule has 1 aromatic carbocycles. The number of aliphatic carboxylic acids is 2. The Hall–Kier alpha value is -3.80. The molecule has 0 saturated carbocycles. The van der Waals surface area contributed by atoms with Gasteiger partial charge in [-0.3, -0.25) is 5.10 Å². The average molecular weight is 488 g/mol. The van der Waals surface area contributed by atoms with Gasteiger partial charge in [-0.1, -0.05) is 29.8 Å². The van der Waals surface area contributed by atoms with Crippen LogP contribution in [-0.2, 0) is 19.1 Å². The monoisotopic (exact) mass is 487 g/mol. The zero-order chi connectivity index (χ0) is 24.8. The van der Waals surface area contributed by atoms with E-state index >= 15 is 0 Å². The van der Waals surface area contributed by atoms with Crippen LogP contribution >= 0.6 is 11.6 Å². The fourth-order valence-electron chi connectivity index (χ4n) is 2.93. The SMILES string of the molecule is CCOC(=O)C1=C(C(F)(F)F)Nc2[nH]ncc2C1c1ccccc1Cl.O=C(O)/C=C\C(=O)O. The molecule has 0 saturated heterocycles. The van der Waals surface area contributed by atoms with E-state index in [-0.39, 0.29) is 17.4 Å². The van der Waals surface area contributed by atoms with Crippen LogP contribution in [0.25, 0.3) is 0 Å². The second-order valence-electron chi connectivity index (χ2n) is 6.30. The number of aromatic nitrogens is 2. The van der Waals surface area contributed by atoms with Gasteiger partial charge in [0.1, 0.15) is 11.5 Å². The minimum absolute atomic E-state index is 0.0546. The van der Waals surface area contributed by atoms with Gasteiger partial charge in [0.15, 0.2) is 0 Å². The first kappa shape index (κ1) is 25.5. The molecule has 0 radical (unpaired) electrons. The Kier molecular flexibility index (Phi) is 8.24. The van der Waals surface area contributed by atoms with Gasteiger partial charge in [-0.2, -0.15) is 18.3 Å². The second-order valence-corrected chi connectivity index (χ2v) is 6.70. The molecule has 1 atom stereocenters. The van der Waals surface area contributed by atoms with E-state index < -0.39 is 41.3 Å². The first-order valence-corrected chi connectivity index (χ1v) is 9.52. The number of ether oxygens (including phenoxy) is 1. The van der Waals surface area contributed by atoms with Crippen molar-refractivity contribution in [2.24, 2.45) is 0 Å². The van der Waals surface area contributed by atoms with E-state index in [4.69, 9.17) is 26.6 Å². The fraction of sp³-hybridized carbons (Fsp3) is 0.200. The standard InChI is InChI=1S/C16H13ClF3N3O2.C4H4O4/c1-2-25-15(24)12-11(8-5-3-4-6-10(8)17)9-7-21-23-14(9)22-13(12)16(18,19)20;5-3(6)1-2-4(7)8/h3-7,11H,2H2,1H3,(H2,21,22,23);1-2H,(H,5,6)(H,7,8)/b;2-1-. The molecule has 0 spiro atoms. The predicted molar refractivity (Wildman–Crippen MR) is 110 cm³/mol. The smallest absolute Gasteiger partial charge is 0.431 e. The first-order valence-electron chi connectivity index (χ1n) is 9.14. The number of hydrogen-bond acceptors (Lipinski definition) is 6. The summed E-state index contributed by atoms with van der Waals surface area (Å²) in [7, 11) is 0. The molecule has 3 rings (SSSR count). The summed E-state index contributed by atoms with van der Waals surface area (Å²) in [4.78, 5) is 31.5. The lowest BCUT2D eigenvalue weighted by molar-refractivity contribution is -0.140. The molecule has 33 heavy (non-hydrogen) atoms. The number of halogens is 4. The molecule has 1 aromatic heterocycles. The van der Waals surface area contributed by atoms with E-state index in [2.05, 4.69) is 15.5 Å². The molecular formula is C20H17ClF3N3O6. The number of carbonyl (C=O) groups is 3. The summed E-state index contributed by atoms with van der Waals surface area (Å²) in [6.07, 6.45) is -2.31. The second kappa shape index (κ2) is 10.7. The van der Waals surface area contributed by atoms with Gasteiger partial charge in [0.05, 0.1) is 18.4 Å². The third kappa shape index (κ3) is 6.35. The first-order chi connectivity index (χ1) is 15.5. The van der Waals surface area contributed by atoms with Gasteiger partial charge in [-0.05, 0) is 18.6 Å². The number of carboxylic acid groups (broad SMARTS) is 2. The highest BCUT2D eigenvalue weighted by Gasteiger charge is 2.46. The number of alkyl halides is 3. The lowest BCUT2D eigenvalue weighted by Gasteiger charge is -2.29. The van der Waals surface area contributed by atoms with E-state index in [1.54, 1.807) is 24.3 Å². The summed E-state index contributed by atoms with van der Waals surface area (Å²) >= 11 is 6.19. The number of allylic oxidation sites excluding steroid dienone is 1. The van der Waals surface area contributed by atoms with Gasteiger partial charge < -0.3 is 20.3 Å². The van der Waals surface area contributed by atoms with Gasteiger partial charge in [-0.25, -0.2) is 14.4 Å². The van der Waals surface area contributed by atoms with Crippen molar-refractivity contribution >= 4 is 35.3 Å². The number of H-pyrrole nitrogens is 1. The molecule has 1 aliphatic heterocycles. The summed E-state index contributed by atoms with van der Waals surface area (Å²) in [5.41, 5.74) is -0.994. The molecule has 9 nitrogen and oxygen atoms in total. The van der Waals surface area contributed by atoms with Crippen LogP contribution in [0.5, 0.6) is 0 Å². The quantitative estimate of drug-likeness (QED) is 0.369. The minimum Gasteiger partial charge on any atom is -0.478 e. The number of carbonyl (C=O) groups excluding carboxylic acids is 1. The molecule has 0 bridgehead atoms. The van der Waals surface area contributed by atoms with Crippen LogP contribution in [0, 0.1) is 0 Å². The molecule has 0 amide bonds. The van der Waals surface area contributed by atoms with Crippen molar-refractivity contribution in [3.8, 4) is 0 Å². The molecule has 2 heterocycles. The predicted octanol–water partition coefficient (Wildman–Crippen LogP) is 3.71. The molecule has 1 aliphatic rings. The van der Waals surface area contributed by atoms with Gasteiger partial charge in [-0.15, -0.1) is 0 Å². The number of rotatable bonds is 5. The molecule has 4 N–H and O–H groups in total. The molecule has 0 aliphatic carbocycles. The lowest BCUT2D eigenvalue weighted by Crippen LogP contribution is -2.32. The van der Waals surface area contributed by atoms with E-state index in [0.717, 1.165) is 0 Å². The van der Waals surface area contributed by atoms with Crippen molar-refractivity contribution in [3.63, 3.8) is 0 Å². The van der Waals surface area contributed by atoms with E-state index in [1.807, 2.05) is 0 Å². The highest BCUT2D eigenvalue weighted by atomic mass is 35.5. The number of carboxylic acids is 2. The van der Waals surface area contributed by atoms with Crippen molar-refractivity contribution in [2.45, 2.75) is 19.0 Å². The summed E-state index contributed by atoms with van der Waals surface area (Å²) < 4.78 is 45.6. The topological polar surface area (TPSA) is 142 Å². The highest BCUT2D eigenvalue weighted by Crippen LogP contribution is 2.46. The van der Waals surface area contributed by atoms with Crippen LogP contribution in [0.4, 0.5) is 19.0 Å². The number of aromatic amines is 1. The van der Waals surface area contributed by atoms with E-state index in [0.29, 0.717) is 23.3 Å². The number of anilines is 1. The maximum atomic E-state index is 13.6. The third-order valence-electron chi connectivity index (χ3n) is 4.15. The van der Waals surface area contributed by atoms with Crippen molar-refractivity contribution in [1.82, 2.24) is 10.2 Å². The Bertz CT molecular complexity index is 1090. The Morgan fingerprint density at radius 2 is 1.76 bits per heavy atom. The maximum Gasteiger partial charge on any atom is 0.431 e. The zero-order valence-electron chi connectivity index (χ0n) is 16.8. The van der Waals surface area contributed by atoms with Crippen LogP contribution in [0.1, 0.15) is 24.0 Å². The van der Waals surface area contributed by atoms with Crippen molar-refractivity contribution in [1.29, 1.82) is 0 Å². The van der Waals surface area contributed by atoms with Gasteiger partial charge in [0.25, 0.3) is 0 Å². The molecule has 2 aromatic rings. The van der Waals surface area contributed by atoms with Gasteiger partial charge in [0, 0.05) is 28.7 Å². The van der Waals surface area contributed by atoms with Crippen LogP contribution in [0.2, 0.25) is 5.02 Å².